The average Bonchev–Trinajstić information content (AvgIpc) is 3.23. The summed E-state index contributed by atoms with van der Waals surface area (Å²) < 4.78 is 33.3. The van der Waals surface area contributed by atoms with Crippen LogP contribution in [0.3, 0.4) is 0 Å². The first-order valence-corrected chi connectivity index (χ1v) is 9.32. The van der Waals surface area contributed by atoms with E-state index in [1.165, 1.54) is 40.7 Å². The molecule has 0 amide bonds. The van der Waals surface area contributed by atoms with E-state index in [4.69, 9.17) is 10.4 Å². The lowest BCUT2D eigenvalue weighted by atomic mass is 10.1. The second-order valence-corrected chi connectivity index (χ2v) is 7.01. The molecule has 142 valence electrons. The van der Waals surface area contributed by atoms with Gasteiger partial charge in [0.25, 0.3) is 0 Å². The third-order valence-electron chi connectivity index (χ3n) is 4.21. The van der Waals surface area contributed by atoms with E-state index in [0.717, 1.165) is 16.8 Å². The molecule has 4 aromatic rings. The summed E-state index contributed by atoms with van der Waals surface area (Å²) in [6.45, 7) is 1.89. The van der Waals surface area contributed by atoms with Crippen molar-refractivity contribution in [1.82, 2.24) is 20.0 Å². The first kappa shape index (κ1) is 18.2. The van der Waals surface area contributed by atoms with Crippen LogP contribution in [0.15, 0.2) is 58.2 Å². The number of nitrogens with two attached hydrogens (primary N) is 1. The lowest BCUT2D eigenvalue weighted by Crippen LogP contribution is -2.11. The molecule has 0 atom stereocenters. The fourth-order valence-electron chi connectivity index (χ4n) is 2.71. The third-order valence-corrected chi connectivity index (χ3v) is 5.17. The van der Waals surface area contributed by atoms with Crippen molar-refractivity contribution < 1.29 is 13.3 Å². The Labute approximate surface area is 163 Å². The van der Waals surface area contributed by atoms with Crippen LogP contribution in [-0.4, -0.2) is 20.0 Å². The fraction of sp³-hybridized carbons (Fsp3) is 0.105. The summed E-state index contributed by atoms with van der Waals surface area (Å²) in [7, 11) is 0. The van der Waals surface area contributed by atoms with Gasteiger partial charge in [0.15, 0.2) is 11.6 Å². The molecule has 0 aliphatic heterocycles. The molecule has 0 bridgehead atoms. The molecule has 0 saturated carbocycles. The molecule has 4 rings (SSSR count). The van der Waals surface area contributed by atoms with Crippen molar-refractivity contribution in [3.8, 4) is 22.7 Å². The highest BCUT2D eigenvalue weighted by Gasteiger charge is 2.17. The maximum absolute atomic E-state index is 13.4. The largest absolute Gasteiger partial charge is 0.356 e. The molecule has 2 aromatic heterocycles. The minimum atomic E-state index is -0.374. The van der Waals surface area contributed by atoms with E-state index < -0.39 is 0 Å². The Bertz CT molecular complexity index is 1120. The number of thioether (sulfide) groups is 1. The monoisotopic (exact) mass is 399 g/mol. The number of nitrogens with zero attached hydrogens (tertiary/aromatic N) is 4. The van der Waals surface area contributed by atoms with Gasteiger partial charge in [0.2, 0.25) is 5.16 Å². The molecule has 0 spiro atoms. The Kier molecular flexibility index (Phi) is 4.82. The number of rotatable bonds is 5. The van der Waals surface area contributed by atoms with Gasteiger partial charge in [-0.2, -0.15) is 0 Å². The molecule has 28 heavy (non-hydrogen) atoms. The highest BCUT2D eigenvalue weighted by Crippen LogP contribution is 2.30. The lowest BCUT2D eigenvalue weighted by molar-refractivity contribution is 0.426. The van der Waals surface area contributed by atoms with Crippen molar-refractivity contribution in [2.24, 2.45) is 0 Å². The number of aromatic nitrogens is 4. The van der Waals surface area contributed by atoms with Gasteiger partial charge in [0.1, 0.15) is 11.6 Å². The van der Waals surface area contributed by atoms with Crippen molar-refractivity contribution >= 4 is 11.8 Å². The van der Waals surface area contributed by atoms with Crippen LogP contribution in [-0.2, 0) is 5.75 Å². The van der Waals surface area contributed by atoms with Crippen molar-refractivity contribution in [3.05, 3.63) is 71.4 Å². The third kappa shape index (κ3) is 3.48. The van der Waals surface area contributed by atoms with E-state index in [1.807, 2.05) is 6.92 Å². The Morgan fingerprint density at radius 2 is 1.82 bits per heavy atom. The second-order valence-electron chi connectivity index (χ2n) is 6.07. The predicted molar refractivity (Wildman–Crippen MR) is 102 cm³/mol. The summed E-state index contributed by atoms with van der Waals surface area (Å²) in [4.78, 5) is 0. The minimum Gasteiger partial charge on any atom is -0.356 e. The number of halogens is 2. The van der Waals surface area contributed by atoms with Crippen LogP contribution in [0, 0.1) is 18.6 Å². The van der Waals surface area contributed by atoms with Gasteiger partial charge in [-0.3, -0.25) is 0 Å². The molecule has 0 unspecified atom stereocenters. The van der Waals surface area contributed by atoms with Gasteiger partial charge in [0, 0.05) is 22.4 Å². The zero-order valence-electron chi connectivity index (χ0n) is 14.8. The fourth-order valence-corrected chi connectivity index (χ4v) is 3.57. The zero-order valence-corrected chi connectivity index (χ0v) is 15.6. The second kappa shape index (κ2) is 7.43. The number of hydrogen-bond acceptors (Lipinski definition) is 6. The van der Waals surface area contributed by atoms with E-state index in [1.54, 1.807) is 24.3 Å². The Morgan fingerprint density at radius 1 is 1.04 bits per heavy atom. The Balaban J connectivity index is 1.52. The van der Waals surface area contributed by atoms with Crippen LogP contribution in [0.25, 0.3) is 22.7 Å². The summed E-state index contributed by atoms with van der Waals surface area (Å²) in [6, 6.07) is 12.0. The normalized spacial score (nSPS) is 11.1. The first-order valence-electron chi connectivity index (χ1n) is 8.33. The summed E-state index contributed by atoms with van der Waals surface area (Å²) in [5.41, 5.74) is 2.86. The molecule has 6 nitrogen and oxygen atoms in total. The molecule has 0 radical (unpaired) electrons. The molecule has 2 aromatic carbocycles. The Hall–Kier alpha value is -3.20. The van der Waals surface area contributed by atoms with Crippen LogP contribution in [0.1, 0.15) is 11.3 Å². The first-order chi connectivity index (χ1) is 13.5. The molecular weight excluding hydrogens is 384 g/mol. The topological polar surface area (TPSA) is 82.8 Å². The number of hydrogen-bond donors (Lipinski definition) is 1. The summed E-state index contributed by atoms with van der Waals surface area (Å²) in [6.07, 6.45) is 0. The van der Waals surface area contributed by atoms with Crippen molar-refractivity contribution in [2.45, 2.75) is 17.8 Å². The van der Waals surface area contributed by atoms with Gasteiger partial charge in [-0.1, -0.05) is 29.1 Å². The molecular formula is C19H15F2N5OS. The van der Waals surface area contributed by atoms with Crippen molar-refractivity contribution in [3.63, 3.8) is 0 Å². The number of benzene rings is 2. The van der Waals surface area contributed by atoms with E-state index >= 15 is 0 Å². The van der Waals surface area contributed by atoms with Gasteiger partial charge in [-0.25, -0.2) is 13.5 Å². The summed E-state index contributed by atoms with van der Waals surface area (Å²) >= 11 is 1.33. The molecule has 2 heterocycles. The average molecular weight is 399 g/mol. The van der Waals surface area contributed by atoms with Crippen LogP contribution in [0.2, 0.25) is 0 Å². The molecule has 0 fully saturated rings. The lowest BCUT2D eigenvalue weighted by Gasteiger charge is -2.03. The maximum Gasteiger partial charge on any atom is 0.210 e. The maximum atomic E-state index is 13.4. The van der Waals surface area contributed by atoms with Crippen LogP contribution >= 0.6 is 11.8 Å². The molecule has 9 heteroatoms. The van der Waals surface area contributed by atoms with Gasteiger partial charge in [0.05, 0.1) is 5.69 Å². The van der Waals surface area contributed by atoms with E-state index in [0.29, 0.717) is 28.1 Å². The molecule has 0 saturated heterocycles. The van der Waals surface area contributed by atoms with Gasteiger partial charge in [-0.05, 0) is 43.3 Å². The highest BCUT2D eigenvalue weighted by molar-refractivity contribution is 7.98. The van der Waals surface area contributed by atoms with E-state index in [9.17, 15) is 8.78 Å². The molecule has 2 N–H and O–H groups in total. The van der Waals surface area contributed by atoms with Crippen LogP contribution < -0.4 is 5.84 Å². The standard InChI is InChI=1S/C19H15F2N5OS/c1-11-16(25-27-17(11)12-5-7-14(20)8-6-12)10-28-19-24-23-18(26(19)22)13-3-2-4-15(21)9-13/h2-9H,10,22H2,1H3. The Morgan fingerprint density at radius 3 is 2.57 bits per heavy atom. The SMILES string of the molecule is Cc1c(CSc2nnc(-c3cccc(F)c3)n2N)noc1-c1ccc(F)cc1. The van der Waals surface area contributed by atoms with Crippen molar-refractivity contribution in [2.75, 3.05) is 5.84 Å². The summed E-state index contributed by atoms with van der Waals surface area (Å²) in [5.74, 6) is 6.79. The van der Waals surface area contributed by atoms with Gasteiger partial charge < -0.3 is 10.4 Å². The van der Waals surface area contributed by atoms with Gasteiger partial charge in [-0.15, -0.1) is 10.2 Å². The smallest absolute Gasteiger partial charge is 0.210 e. The highest BCUT2D eigenvalue weighted by atomic mass is 32.2. The predicted octanol–water partition coefficient (Wildman–Crippen LogP) is 4.19. The summed E-state index contributed by atoms with van der Waals surface area (Å²) in [5, 5.41) is 12.7. The molecule has 0 aliphatic rings. The quantitative estimate of drug-likeness (QED) is 0.400. The minimum absolute atomic E-state index is 0.312. The van der Waals surface area contributed by atoms with Gasteiger partial charge >= 0.3 is 0 Å². The van der Waals surface area contributed by atoms with Crippen LogP contribution in [0.4, 0.5) is 8.78 Å². The number of nitrogen functional groups attached to an aromatic ring is 1. The zero-order chi connectivity index (χ0) is 19.7. The van der Waals surface area contributed by atoms with Crippen molar-refractivity contribution in [1.29, 1.82) is 0 Å². The molecule has 0 aliphatic carbocycles. The van der Waals surface area contributed by atoms with Crippen LogP contribution in [0.5, 0.6) is 0 Å². The van der Waals surface area contributed by atoms with E-state index in [2.05, 4.69) is 15.4 Å². The van der Waals surface area contributed by atoms with E-state index in [-0.39, 0.29) is 11.6 Å².